The molecule has 0 radical (unpaired) electrons. The van der Waals surface area contributed by atoms with Crippen LogP contribution in [-0.2, 0) is 9.53 Å². The number of nitrogens with one attached hydrogen (secondary N) is 1. The fraction of sp³-hybridized carbons (Fsp3) is 0.750. The Morgan fingerprint density at radius 2 is 2.21 bits per heavy atom. The van der Waals surface area contributed by atoms with Gasteiger partial charge in [0.25, 0.3) is 0 Å². The first kappa shape index (κ1) is 12.7. The summed E-state index contributed by atoms with van der Waals surface area (Å²) in [5, 5.41) is 13.8. The van der Waals surface area contributed by atoms with Gasteiger partial charge in [-0.1, -0.05) is 5.16 Å². The fourth-order valence-electron chi connectivity index (χ4n) is 0.768. The van der Waals surface area contributed by atoms with Gasteiger partial charge in [0.15, 0.2) is 5.84 Å². The minimum Gasteiger partial charge on any atom is -0.409 e. The molecule has 0 aromatic rings. The number of carbonyl (C=O) groups is 1. The van der Waals surface area contributed by atoms with Crippen LogP contribution in [-0.4, -0.2) is 35.7 Å². The van der Waals surface area contributed by atoms with E-state index in [2.05, 4.69) is 10.5 Å². The molecule has 0 aliphatic carbocycles. The highest BCUT2D eigenvalue weighted by Crippen LogP contribution is 2.01. The van der Waals surface area contributed by atoms with Gasteiger partial charge in [-0.05, 0) is 20.8 Å². The van der Waals surface area contributed by atoms with Crippen LogP contribution in [0, 0.1) is 0 Å². The van der Waals surface area contributed by atoms with Crippen molar-refractivity contribution in [2.75, 3.05) is 13.2 Å². The third-order valence-corrected chi connectivity index (χ3v) is 1.64. The summed E-state index contributed by atoms with van der Waals surface area (Å²) in [4.78, 5) is 11.2. The number of amides is 1. The zero-order chi connectivity index (χ0) is 11.2. The molecule has 82 valence electrons. The van der Waals surface area contributed by atoms with Crippen molar-refractivity contribution in [2.24, 2.45) is 10.9 Å². The molecule has 0 fully saturated rings. The number of rotatable bonds is 5. The molecule has 0 bridgehead atoms. The summed E-state index contributed by atoms with van der Waals surface area (Å²) in [6, 6.07) is 0. The maximum Gasteiger partial charge on any atom is 0.246 e. The summed E-state index contributed by atoms with van der Waals surface area (Å²) in [5.41, 5.74) is 4.50. The molecule has 0 rings (SSSR count). The van der Waals surface area contributed by atoms with Crippen molar-refractivity contribution in [3.8, 4) is 0 Å². The lowest BCUT2D eigenvalue weighted by atomic mass is 10.0. The Kier molecular flexibility index (Phi) is 4.93. The first-order valence-corrected chi connectivity index (χ1v) is 4.30. The summed E-state index contributed by atoms with van der Waals surface area (Å²) in [6.07, 6.45) is 0. The fourth-order valence-corrected chi connectivity index (χ4v) is 0.768. The third kappa shape index (κ3) is 4.08. The van der Waals surface area contributed by atoms with Crippen LogP contribution in [0.2, 0.25) is 0 Å². The molecule has 14 heavy (non-hydrogen) atoms. The van der Waals surface area contributed by atoms with Crippen LogP contribution in [0.25, 0.3) is 0 Å². The lowest BCUT2D eigenvalue weighted by molar-refractivity contribution is -0.126. The third-order valence-electron chi connectivity index (χ3n) is 1.64. The lowest BCUT2D eigenvalue weighted by Crippen LogP contribution is -2.54. The average molecular weight is 203 g/mol. The predicted octanol–water partition coefficient (Wildman–Crippen LogP) is -0.336. The zero-order valence-corrected chi connectivity index (χ0v) is 8.70. The van der Waals surface area contributed by atoms with Crippen molar-refractivity contribution in [2.45, 2.75) is 26.3 Å². The summed E-state index contributed by atoms with van der Waals surface area (Å²) in [5.74, 6) is -0.356. The number of nitrogens with zero attached hydrogens (tertiary/aromatic N) is 1. The molecule has 0 unspecified atom stereocenters. The van der Waals surface area contributed by atoms with Crippen molar-refractivity contribution in [3.63, 3.8) is 0 Å². The van der Waals surface area contributed by atoms with E-state index in [0.29, 0.717) is 6.61 Å². The van der Waals surface area contributed by atoms with Gasteiger partial charge in [0, 0.05) is 6.61 Å². The number of hydrogen-bond acceptors (Lipinski definition) is 4. The van der Waals surface area contributed by atoms with E-state index < -0.39 is 5.54 Å². The number of ether oxygens (including phenoxy) is 1. The van der Waals surface area contributed by atoms with Crippen LogP contribution in [0.1, 0.15) is 20.8 Å². The first-order chi connectivity index (χ1) is 6.44. The Balaban J connectivity index is 4.15. The van der Waals surface area contributed by atoms with Crippen LogP contribution in [0.3, 0.4) is 0 Å². The van der Waals surface area contributed by atoms with Gasteiger partial charge in [-0.15, -0.1) is 0 Å². The maximum atomic E-state index is 11.2. The van der Waals surface area contributed by atoms with Crippen LogP contribution < -0.4 is 11.1 Å². The SMILES string of the molecule is CCOCC(=O)NC(C)(C)/C(N)=N/O. The molecule has 0 aromatic heterocycles. The Labute approximate surface area is 83.1 Å². The Bertz CT molecular complexity index is 226. The number of amidine groups is 1. The molecule has 0 atom stereocenters. The highest BCUT2D eigenvalue weighted by atomic mass is 16.5. The molecule has 4 N–H and O–H groups in total. The second-order valence-corrected chi connectivity index (χ2v) is 3.30. The van der Waals surface area contributed by atoms with Crippen LogP contribution in [0.4, 0.5) is 0 Å². The highest BCUT2D eigenvalue weighted by molar-refractivity contribution is 5.93. The average Bonchev–Trinajstić information content (AvgIpc) is 2.12. The molecule has 0 aliphatic heterocycles. The van der Waals surface area contributed by atoms with E-state index in [1.807, 2.05) is 0 Å². The van der Waals surface area contributed by atoms with E-state index in [-0.39, 0.29) is 18.3 Å². The van der Waals surface area contributed by atoms with Crippen molar-refractivity contribution < 1.29 is 14.7 Å². The van der Waals surface area contributed by atoms with Crippen LogP contribution >= 0.6 is 0 Å². The Hall–Kier alpha value is -1.30. The largest absolute Gasteiger partial charge is 0.409 e. The lowest BCUT2D eigenvalue weighted by Gasteiger charge is -2.24. The smallest absolute Gasteiger partial charge is 0.246 e. The molecule has 0 saturated heterocycles. The van der Waals surface area contributed by atoms with E-state index in [0.717, 1.165) is 0 Å². The Morgan fingerprint density at radius 3 is 2.64 bits per heavy atom. The minimum absolute atomic E-state index is 0.0291. The zero-order valence-electron chi connectivity index (χ0n) is 8.70. The summed E-state index contributed by atoms with van der Waals surface area (Å²) >= 11 is 0. The highest BCUT2D eigenvalue weighted by Gasteiger charge is 2.25. The second-order valence-electron chi connectivity index (χ2n) is 3.30. The number of hydrogen-bond donors (Lipinski definition) is 3. The van der Waals surface area contributed by atoms with Crippen LogP contribution in [0.15, 0.2) is 5.16 Å². The minimum atomic E-state index is -0.872. The maximum absolute atomic E-state index is 11.2. The Morgan fingerprint density at radius 1 is 1.64 bits per heavy atom. The molecule has 0 aliphatic rings. The van der Waals surface area contributed by atoms with E-state index in [9.17, 15) is 4.79 Å². The normalized spacial score (nSPS) is 12.6. The molecule has 0 spiro atoms. The molecular formula is C8H17N3O3. The van der Waals surface area contributed by atoms with E-state index in [4.69, 9.17) is 15.7 Å². The molecule has 6 nitrogen and oxygen atoms in total. The van der Waals surface area contributed by atoms with Gasteiger partial charge in [0.1, 0.15) is 6.61 Å². The van der Waals surface area contributed by atoms with Gasteiger partial charge >= 0.3 is 0 Å². The molecule has 0 heterocycles. The van der Waals surface area contributed by atoms with Gasteiger partial charge in [-0.2, -0.15) is 0 Å². The predicted molar refractivity (Wildman–Crippen MR) is 52.1 cm³/mol. The van der Waals surface area contributed by atoms with Gasteiger partial charge in [-0.25, -0.2) is 0 Å². The molecule has 1 amide bonds. The molecule has 6 heteroatoms. The number of carbonyl (C=O) groups excluding carboxylic acids is 1. The molecule has 0 saturated carbocycles. The standard InChI is InChI=1S/C8H17N3O3/c1-4-14-5-6(12)10-8(2,3)7(9)11-13/h13H,4-5H2,1-3H3,(H2,9,11)(H,10,12). The first-order valence-electron chi connectivity index (χ1n) is 4.30. The van der Waals surface area contributed by atoms with E-state index in [1.54, 1.807) is 20.8 Å². The van der Waals surface area contributed by atoms with Crippen molar-refractivity contribution in [1.29, 1.82) is 0 Å². The second kappa shape index (κ2) is 5.43. The van der Waals surface area contributed by atoms with Gasteiger partial charge < -0.3 is 21.0 Å². The molecular weight excluding hydrogens is 186 g/mol. The number of nitrogens with two attached hydrogens (primary N) is 1. The number of oxime groups is 1. The monoisotopic (exact) mass is 203 g/mol. The summed E-state index contributed by atoms with van der Waals surface area (Å²) in [7, 11) is 0. The quantitative estimate of drug-likeness (QED) is 0.246. The van der Waals surface area contributed by atoms with Gasteiger partial charge in [0.2, 0.25) is 5.91 Å². The van der Waals surface area contributed by atoms with Crippen molar-refractivity contribution >= 4 is 11.7 Å². The van der Waals surface area contributed by atoms with Crippen molar-refractivity contribution in [3.05, 3.63) is 0 Å². The topological polar surface area (TPSA) is 96.9 Å². The van der Waals surface area contributed by atoms with Crippen molar-refractivity contribution in [1.82, 2.24) is 5.32 Å². The van der Waals surface area contributed by atoms with E-state index >= 15 is 0 Å². The van der Waals surface area contributed by atoms with Gasteiger partial charge in [-0.3, -0.25) is 4.79 Å². The van der Waals surface area contributed by atoms with Gasteiger partial charge in [0.05, 0.1) is 5.54 Å². The summed E-state index contributed by atoms with van der Waals surface area (Å²) < 4.78 is 4.90. The summed E-state index contributed by atoms with van der Waals surface area (Å²) in [6.45, 7) is 5.50. The molecule has 0 aromatic carbocycles. The van der Waals surface area contributed by atoms with E-state index in [1.165, 1.54) is 0 Å². The van der Waals surface area contributed by atoms with Crippen LogP contribution in [0.5, 0.6) is 0 Å².